The third kappa shape index (κ3) is 1.65. The Morgan fingerprint density at radius 2 is 2.14 bits per heavy atom. The van der Waals surface area contributed by atoms with Crippen molar-refractivity contribution in [1.29, 1.82) is 0 Å². The Morgan fingerprint density at radius 1 is 1.43 bits per heavy atom. The number of carboxylic acid groups (broad SMARTS) is 1. The molecular weight excluding hydrogens is 178 g/mol. The lowest BCUT2D eigenvalue weighted by Crippen LogP contribution is -2.53. The highest BCUT2D eigenvalue weighted by molar-refractivity contribution is 5.71. The van der Waals surface area contributed by atoms with Crippen LogP contribution in [0.1, 0.15) is 32.6 Å². The van der Waals surface area contributed by atoms with Gasteiger partial charge in [0.15, 0.2) is 0 Å². The number of rotatable bonds is 3. The maximum atomic E-state index is 11.0. The van der Waals surface area contributed by atoms with Crippen molar-refractivity contribution in [3.8, 4) is 0 Å². The van der Waals surface area contributed by atoms with Gasteiger partial charge in [0.05, 0.1) is 5.92 Å². The van der Waals surface area contributed by atoms with E-state index in [2.05, 4.69) is 11.8 Å². The third-order valence-electron chi connectivity index (χ3n) is 3.83. The SMILES string of the molecule is CCC1CN(C2CCCC2C(=O)O)C1. The van der Waals surface area contributed by atoms with Crippen LogP contribution in [0.25, 0.3) is 0 Å². The van der Waals surface area contributed by atoms with Gasteiger partial charge in [-0.15, -0.1) is 0 Å². The molecule has 1 aliphatic heterocycles. The van der Waals surface area contributed by atoms with E-state index in [-0.39, 0.29) is 5.92 Å². The maximum Gasteiger partial charge on any atom is 0.308 e. The van der Waals surface area contributed by atoms with Crippen molar-refractivity contribution in [2.24, 2.45) is 11.8 Å². The number of hydrogen-bond acceptors (Lipinski definition) is 2. The van der Waals surface area contributed by atoms with E-state index in [1.165, 1.54) is 6.42 Å². The van der Waals surface area contributed by atoms with E-state index >= 15 is 0 Å². The van der Waals surface area contributed by atoms with Crippen LogP contribution >= 0.6 is 0 Å². The van der Waals surface area contributed by atoms with Gasteiger partial charge in [-0.2, -0.15) is 0 Å². The second kappa shape index (κ2) is 3.89. The normalized spacial score (nSPS) is 34.4. The largest absolute Gasteiger partial charge is 0.481 e. The van der Waals surface area contributed by atoms with Crippen molar-refractivity contribution < 1.29 is 9.90 Å². The summed E-state index contributed by atoms with van der Waals surface area (Å²) in [5.74, 6) is 0.144. The van der Waals surface area contributed by atoms with Gasteiger partial charge in [-0.25, -0.2) is 0 Å². The Morgan fingerprint density at radius 3 is 2.71 bits per heavy atom. The van der Waals surface area contributed by atoms with E-state index in [0.717, 1.165) is 38.3 Å². The molecule has 0 amide bonds. The molecule has 0 spiro atoms. The summed E-state index contributed by atoms with van der Waals surface area (Å²) in [7, 11) is 0. The first-order chi connectivity index (χ1) is 6.72. The zero-order valence-electron chi connectivity index (χ0n) is 8.78. The maximum absolute atomic E-state index is 11.0. The van der Waals surface area contributed by atoms with Crippen LogP contribution in [0.3, 0.4) is 0 Å². The molecule has 2 aliphatic rings. The van der Waals surface area contributed by atoms with E-state index < -0.39 is 5.97 Å². The van der Waals surface area contributed by atoms with E-state index in [1.807, 2.05) is 0 Å². The molecule has 1 saturated carbocycles. The zero-order chi connectivity index (χ0) is 10.1. The fourth-order valence-electron chi connectivity index (χ4n) is 2.80. The predicted molar refractivity (Wildman–Crippen MR) is 54.1 cm³/mol. The summed E-state index contributed by atoms with van der Waals surface area (Å²) in [6.07, 6.45) is 4.30. The quantitative estimate of drug-likeness (QED) is 0.746. The molecule has 0 aromatic carbocycles. The molecule has 0 bridgehead atoms. The minimum absolute atomic E-state index is 0.0900. The van der Waals surface area contributed by atoms with Crippen LogP contribution in [0.15, 0.2) is 0 Å². The van der Waals surface area contributed by atoms with E-state index in [9.17, 15) is 4.79 Å². The molecule has 3 heteroatoms. The molecule has 0 aromatic heterocycles. The van der Waals surface area contributed by atoms with Gasteiger partial charge in [0.25, 0.3) is 0 Å². The van der Waals surface area contributed by atoms with Crippen molar-refractivity contribution in [2.75, 3.05) is 13.1 Å². The molecule has 80 valence electrons. The first-order valence-electron chi connectivity index (χ1n) is 5.69. The number of carbonyl (C=O) groups is 1. The topological polar surface area (TPSA) is 40.5 Å². The van der Waals surface area contributed by atoms with Crippen LogP contribution in [0.2, 0.25) is 0 Å². The van der Waals surface area contributed by atoms with Gasteiger partial charge in [-0.3, -0.25) is 9.69 Å². The first kappa shape index (κ1) is 9.97. The monoisotopic (exact) mass is 197 g/mol. The van der Waals surface area contributed by atoms with Gasteiger partial charge < -0.3 is 5.11 Å². The Kier molecular flexibility index (Phi) is 2.77. The molecule has 1 heterocycles. The first-order valence-corrected chi connectivity index (χ1v) is 5.69. The molecule has 1 N–H and O–H groups in total. The number of nitrogens with zero attached hydrogens (tertiary/aromatic N) is 1. The molecule has 2 fully saturated rings. The Balaban J connectivity index is 1.89. The Hall–Kier alpha value is -0.570. The van der Waals surface area contributed by atoms with Gasteiger partial charge >= 0.3 is 5.97 Å². The fourth-order valence-corrected chi connectivity index (χ4v) is 2.80. The summed E-state index contributed by atoms with van der Waals surface area (Å²) in [6, 6.07) is 0.343. The number of carboxylic acids is 1. The lowest BCUT2D eigenvalue weighted by atomic mass is 9.91. The van der Waals surface area contributed by atoms with Gasteiger partial charge in [0, 0.05) is 19.1 Å². The van der Waals surface area contributed by atoms with Crippen LogP contribution in [-0.4, -0.2) is 35.1 Å². The van der Waals surface area contributed by atoms with Gasteiger partial charge in [0.2, 0.25) is 0 Å². The lowest BCUT2D eigenvalue weighted by Gasteiger charge is -2.44. The summed E-state index contributed by atoms with van der Waals surface area (Å²) < 4.78 is 0. The third-order valence-corrected chi connectivity index (χ3v) is 3.83. The standard InChI is InChI=1S/C11H19NO2/c1-2-8-6-12(7-8)10-5-3-4-9(10)11(13)14/h8-10H,2-7H2,1H3,(H,13,14). The predicted octanol–water partition coefficient (Wildman–Crippen LogP) is 1.58. The smallest absolute Gasteiger partial charge is 0.308 e. The molecule has 2 atom stereocenters. The second-order valence-electron chi connectivity index (χ2n) is 4.67. The highest BCUT2D eigenvalue weighted by Gasteiger charge is 2.41. The Bertz CT molecular complexity index is 223. The van der Waals surface area contributed by atoms with Gasteiger partial charge in [-0.1, -0.05) is 19.8 Å². The fraction of sp³-hybridized carbons (Fsp3) is 0.909. The van der Waals surface area contributed by atoms with Crippen LogP contribution in [0.5, 0.6) is 0 Å². The molecule has 14 heavy (non-hydrogen) atoms. The van der Waals surface area contributed by atoms with Gasteiger partial charge in [0.1, 0.15) is 0 Å². The molecule has 2 unspecified atom stereocenters. The van der Waals surface area contributed by atoms with Crippen LogP contribution in [0.4, 0.5) is 0 Å². The van der Waals surface area contributed by atoms with Crippen LogP contribution in [-0.2, 0) is 4.79 Å². The van der Waals surface area contributed by atoms with Gasteiger partial charge in [-0.05, 0) is 18.8 Å². The van der Waals surface area contributed by atoms with Crippen molar-refractivity contribution in [3.63, 3.8) is 0 Å². The average molecular weight is 197 g/mol. The lowest BCUT2D eigenvalue weighted by molar-refractivity contribution is -0.144. The van der Waals surface area contributed by atoms with E-state index in [1.54, 1.807) is 0 Å². The number of aliphatic carboxylic acids is 1. The molecular formula is C11H19NO2. The zero-order valence-corrected chi connectivity index (χ0v) is 8.78. The average Bonchev–Trinajstić information content (AvgIpc) is 2.50. The van der Waals surface area contributed by atoms with Crippen molar-refractivity contribution in [3.05, 3.63) is 0 Å². The summed E-state index contributed by atoms with van der Waals surface area (Å²) in [6.45, 7) is 4.47. The molecule has 0 aromatic rings. The molecule has 0 radical (unpaired) electrons. The summed E-state index contributed by atoms with van der Waals surface area (Å²) in [4.78, 5) is 13.4. The summed E-state index contributed by atoms with van der Waals surface area (Å²) >= 11 is 0. The number of likely N-dealkylation sites (tertiary alicyclic amines) is 1. The van der Waals surface area contributed by atoms with Crippen molar-refractivity contribution in [2.45, 2.75) is 38.6 Å². The molecule has 2 rings (SSSR count). The van der Waals surface area contributed by atoms with E-state index in [4.69, 9.17) is 5.11 Å². The van der Waals surface area contributed by atoms with E-state index in [0.29, 0.717) is 6.04 Å². The highest BCUT2D eigenvalue weighted by Crippen LogP contribution is 2.34. The highest BCUT2D eigenvalue weighted by atomic mass is 16.4. The summed E-state index contributed by atoms with van der Waals surface area (Å²) in [5, 5.41) is 9.05. The second-order valence-corrected chi connectivity index (χ2v) is 4.67. The molecule has 1 aliphatic carbocycles. The van der Waals surface area contributed by atoms with Crippen molar-refractivity contribution >= 4 is 5.97 Å². The minimum atomic E-state index is -0.590. The van der Waals surface area contributed by atoms with Crippen LogP contribution < -0.4 is 0 Å². The van der Waals surface area contributed by atoms with Crippen LogP contribution in [0, 0.1) is 11.8 Å². The molecule has 1 saturated heterocycles. The van der Waals surface area contributed by atoms with Crippen molar-refractivity contribution in [1.82, 2.24) is 4.90 Å². The summed E-state index contributed by atoms with van der Waals surface area (Å²) in [5.41, 5.74) is 0. The number of hydrogen-bond donors (Lipinski definition) is 1. The minimum Gasteiger partial charge on any atom is -0.481 e. The Labute approximate surface area is 85.1 Å². The molecule has 3 nitrogen and oxygen atoms in total.